The van der Waals surface area contributed by atoms with Gasteiger partial charge in [0.1, 0.15) is 0 Å². The molecule has 4 nitrogen and oxygen atoms in total. The predicted octanol–water partition coefficient (Wildman–Crippen LogP) is 1.87. The van der Waals surface area contributed by atoms with Crippen LogP contribution in [0.25, 0.3) is 0 Å². The third-order valence-electron chi connectivity index (χ3n) is 3.91. The van der Waals surface area contributed by atoms with Crippen molar-refractivity contribution in [3.63, 3.8) is 0 Å². The van der Waals surface area contributed by atoms with E-state index in [4.69, 9.17) is 0 Å². The van der Waals surface area contributed by atoms with Crippen LogP contribution in [0.4, 0.5) is 0 Å². The van der Waals surface area contributed by atoms with Gasteiger partial charge in [0.25, 0.3) is 0 Å². The standard InChI is InChI=1S/C13H25N3O.HI/c1-2-14-12(16-11-5-3-4-6-11)15-9-13(10-17)7-8-13;/h11,17H,2-10H2,1H3,(H2,14,15,16);1H. The van der Waals surface area contributed by atoms with E-state index >= 15 is 0 Å². The molecule has 2 aliphatic carbocycles. The van der Waals surface area contributed by atoms with Crippen LogP contribution in [0.15, 0.2) is 4.99 Å². The molecule has 0 radical (unpaired) electrons. The van der Waals surface area contributed by atoms with Gasteiger partial charge in [-0.3, -0.25) is 4.99 Å². The minimum absolute atomic E-state index is 0. The molecule has 3 N–H and O–H groups in total. The minimum atomic E-state index is 0. The van der Waals surface area contributed by atoms with E-state index in [-0.39, 0.29) is 36.0 Å². The molecule has 0 bridgehead atoms. The normalized spacial score (nSPS) is 22.4. The van der Waals surface area contributed by atoms with E-state index in [1.165, 1.54) is 25.7 Å². The van der Waals surface area contributed by atoms with Crippen molar-refractivity contribution < 1.29 is 5.11 Å². The maximum absolute atomic E-state index is 9.27. The molecular weight excluding hydrogens is 341 g/mol. The molecule has 0 amide bonds. The summed E-state index contributed by atoms with van der Waals surface area (Å²) in [5, 5.41) is 16.1. The Morgan fingerprint density at radius 3 is 2.50 bits per heavy atom. The van der Waals surface area contributed by atoms with Gasteiger partial charge in [0.15, 0.2) is 5.96 Å². The van der Waals surface area contributed by atoms with Crippen LogP contribution in [0.1, 0.15) is 45.4 Å². The van der Waals surface area contributed by atoms with Gasteiger partial charge in [0.2, 0.25) is 0 Å². The summed E-state index contributed by atoms with van der Waals surface area (Å²) in [6.45, 7) is 4.01. The fourth-order valence-corrected chi connectivity index (χ4v) is 2.37. The third kappa shape index (κ3) is 4.57. The first-order valence-corrected chi connectivity index (χ1v) is 6.94. The molecule has 5 heteroatoms. The van der Waals surface area contributed by atoms with E-state index in [1.807, 2.05) is 0 Å². The molecule has 0 aromatic carbocycles. The summed E-state index contributed by atoms with van der Waals surface area (Å²) in [5.41, 5.74) is 0.109. The monoisotopic (exact) mass is 367 g/mol. The highest BCUT2D eigenvalue weighted by Crippen LogP contribution is 2.45. The second kappa shape index (κ2) is 7.53. The van der Waals surface area contributed by atoms with E-state index in [0.29, 0.717) is 6.04 Å². The Kier molecular flexibility index (Phi) is 6.70. The molecule has 2 saturated carbocycles. The Morgan fingerprint density at radius 2 is 2.00 bits per heavy atom. The molecule has 2 rings (SSSR count). The van der Waals surface area contributed by atoms with E-state index in [1.54, 1.807) is 0 Å². The van der Waals surface area contributed by atoms with Crippen LogP contribution in [0.3, 0.4) is 0 Å². The zero-order chi connectivity index (χ0) is 12.1. The van der Waals surface area contributed by atoms with Crippen LogP contribution in [0, 0.1) is 5.41 Å². The van der Waals surface area contributed by atoms with Crippen molar-refractivity contribution in [1.29, 1.82) is 0 Å². The third-order valence-corrected chi connectivity index (χ3v) is 3.91. The quantitative estimate of drug-likeness (QED) is 0.395. The summed E-state index contributed by atoms with van der Waals surface area (Å²) in [7, 11) is 0. The van der Waals surface area contributed by atoms with Crippen LogP contribution >= 0.6 is 24.0 Å². The number of aliphatic hydroxyl groups is 1. The summed E-state index contributed by atoms with van der Waals surface area (Å²) in [4.78, 5) is 4.62. The van der Waals surface area contributed by atoms with E-state index in [9.17, 15) is 5.11 Å². The van der Waals surface area contributed by atoms with E-state index in [0.717, 1.165) is 31.9 Å². The number of aliphatic hydroxyl groups excluding tert-OH is 1. The number of aliphatic imine (C=N–C) groups is 1. The lowest BCUT2D eigenvalue weighted by Crippen LogP contribution is -2.42. The number of nitrogens with zero attached hydrogens (tertiary/aromatic N) is 1. The van der Waals surface area contributed by atoms with Crippen molar-refractivity contribution in [2.24, 2.45) is 10.4 Å². The van der Waals surface area contributed by atoms with Gasteiger partial charge in [0.05, 0.1) is 13.2 Å². The van der Waals surface area contributed by atoms with Gasteiger partial charge in [-0.05, 0) is 32.6 Å². The number of halogens is 1. The Bertz CT molecular complexity index is 273. The molecule has 0 unspecified atom stereocenters. The van der Waals surface area contributed by atoms with Crippen LogP contribution in [-0.2, 0) is 0 Å². The SMILES string of the molecule is CCNC(=NCC1(CO)CC1)NC1CCCC1.I. The van der Waals surface area contributed by atoms with E-state index in [2.05, 4.69) is 22.5 Å². The zero-order valence-corrected chi connectivity index (χ0v) is 13.6. The number of rotatable bonds is 5. The highest BCUT2D eigenvalue weighted by Gasteiger charge is 2.41. The summed E-state index contributed by atoms with van der Waals surface area (Å²) < 4.78 is 0. The van der Waals surface area contributed by atoms with Crippen molar-refractivity contribution in [3.05, 3.63) is 0 Å². The molecule has 0 aliphatic heterocycles. The average Bonchev–Trinajstić information content (AvgIpc) is 2.95. The summed E-state index contributed by atoms with van der Waals surface area (Å²) in [5.74, 6) is 0.930. The molecular formula is C13H26IN3O. The van der Waals surface area contributed by atoms with Crippen molar-refractivity contribution in [2.45, 2.75) is 51.5 Å². The number of guanidine groups is 1. The van der Waals surface area contributed by atoms with Gasteiger partial charge >= 0.3 is 0 Å². The van der Waals surface area contributed by atoms with Crippen LogP contribution in [0.5, 0.6) is 0 Å². The van der Waals surface area contributed by atoms with Crippen molar-refractivity contribution >= 4 is 29.9 Å². The van der Waals surface area contributed by atoms with Gasteiger partial charge in [-0.1, -0.05) is 12.8 Å². The smallest absolute Gasteiger partial charge is 0.191 e. The van der Waals surface area contributed by atoms with Crippen molar-refractivity contribution in [3.8, 4) is 0 Å². The molecule has 0 saturated heterocycles. The Balaban J connectivity index is 0.00000162. The van der Waals surface area contributed by atoms with E-state index < -0.39 is 0 Å². The second-order valence-corrected chi connectivity index (χ2v) is 5.48. The summed E-state index contributed by atoms with van der Waals surface area (Å²) in [6, 6.07) is 0.595. The van der Waals surface area contributed by atoms with Crippen LogP contribution < -0.4 is 10.6 Å². The first-order chi connectivity index (χ1) is 8.28. The first-order valence-electron chi connectivity index (χ1n) is 6.94. The lowest BCUT2D eigenvalue weighted by atomic mass is 10.1. The Morgan fingerprint density at radius 1 is 1.33 bits per heavy atom. The number of nitrogens with one attached hydrogen (secondary N) is 2. The van der Waals surface area contributed by atoms with Crippen molar-refractivity contribution in [2.75, 3.05) is 19.7 Å². The van der Waals surface area contributed by atoms with Gasteiger partial charge in [-0.25, -0.2) is 0 Å². The highest BCUT2D eigenvalue weighted by molar-refractivity contribution is 14.0. The molecule has 106 valence electrons. The predicted molar refractivity (Wildman–Crippen MR) is 85.5 cm³/mol. The molecule has 2 fully saturated rings. The van der Waals surface area contributed by atoms with Gasteiger partial charge < -0.3 is 15.7 Å². The summed E-state index contributed by atoms with van der Waals surface area (Å²) >= 11 is 0. The summed E-state index contributed by atoms with van der Waals surface area (Å²) in [6.07, 6.45) is 7.42. The lowest BCUT2D eigenvalue weighted by Gasteiger charge is -2.17. The fourth-order valence-electron chi connectivity index (χ4n) is 2.37. The molecule has 0 heterocycles. The molecule has 2 aliphatic rings. The minimum Gasteiger partial charge on any atom is -0.396 e. The highest BCUT2D eigenvalue weighted by atomic mass is 127. The second-order valence-electron chi connectivity index (χ2n) is 5.48. The molecule has 0 atom stereocenters. The number of hydrogen-bond donors (Lipinski definition) is 3. The Labute approximate surface area is 127 Å². The number of hydrogen-bond acceptors (Lipinski definition) is 2. The molecule has 0 aromatic rings. The molecule has 18 heavy (non-hydrogen) atoms. The van der Waals surface area contributed by atoms with Gasteiger partial charge in [-0.15, -0.1) is 24.0 Å². The van der Waals surface area contributed by atoms with Crippen LogP contribution in [-0.4, -0.2) is 36.8 Å². The fraction of sp³-hybridized carbons (Fsp3) is 0.923. The maximum Gasteiger partial charge on any atom is 0.191 e. The Hall–Kier alpha value is -0.0400. The van der Waals surface area contributed by atoms with Crippen LogP contribution in [0.2, 0.25) is 0 Å². The van der Waals surface area contributed by atoms with Gasteiger partial charge in [0, 0.05) is 18.0 Å². The first kappa shape index (κ1) is 16.0. The molecule has 0 spiro atoms. The average molecular weight is 367 g/mol. The lowest BCUT2D eigenvalue weighted by molar-refractivity contribution is 0.217. The topological polar surface area (TPSA) is 56.7 Å². The van der Waals surface area contributed by atoms with Crippen molar-refractivity contribution in [1.82, 2.24) is 10.6 Å². The largest absolute Gasteiger partial charge is 0.396 e. The van der Waals surface area contributed by atoms with Gasteiger partial charge in [-0.2, -0.15) is 0 Å². The zero-order valence-electron chi connectivity index (χ0n) is 11.2. The molecule has 0 aromatic heterocycles. The maximum atomic E-state index is 9.27.